The predicted octanol–water partition coefficient (Wildman–Crippen LogP) is 2.09. The third kappa shape index (κ3) is 4.09. The van der Waals surface area contributed by atoms with E-state index in [1.807, 2.05) is 13.8 Å². The van der Waals surface area contributed by atoms with Crippen molar-refractivity contribution in [2.45, 2.75) is 19.9 Å². The molecule has 20 heavy (non-hydrogen) atoms. The third-order valence-electron chi connectivity index (χ3n) is 2.75. The van der Waals surface area contributed by atoms with Crippen LogP contribution in [0, 0.1) is 18.3 Å². The summed E-state index contributed by atoms with van der Waals surface area (Å²) >= 11 is 0. The zero-order valence-corrected chi connectivity index (χ0v) is 12.3. The molecule has 0 heterocycles. The van der Waals surface area contributed by atoms with E-state index in [-0.39, 0.29) is 17.9 Å². The first kappa shape index (κ1) is 15.7. The molecular weight excluding hydrogens is 254 g/mol. The Morgan fingerprint density at radius 2 is 2.05 bits per heavy atom. The highest BCUT2D eigenvalue weighted by Gasteiger charge is 2.10. The lowest BCUT2D eigenvalue weighted by Gasteiger charge is -2.14. The Balaban J connectivity index is 2.97. The van der Waals surface area contributed by atoms with Gasteiger partial charge in [0.15, 0.2) is 5.96 Å². The maximum Gasteiger partial charge on any atom is 0.194 e. The molecule has 3 N–H and O–H groups in total. The summed E-state index contributed by atoms with van der Waals surface area (Å²) in [4.78, 5) is 4.27. The lowest BCUT2D eigenvalue weighted by molar-refractivity contribution is 0.405. The number of rotatable bonds is 5. The predicted molar refractivity (Wildman–Crippen MR) is 82.3 cm³/mol. The highest BCUT2D eigenvalue weighted by atomic mass is 16.5. The average molecular weight is 275 g/mol. The third-order valence-corrected chi connectivity index (χ3v) is 2.75. The normalized spacial score (nSPS) is 12.7. The summed E-state index contributed by atoms with van der Waals surface area (Å²) in [6.07, 6.45) is 5.43. The first-order valence-corrected chi connectivity index (χ1v) is 6.30. The van der Waals surface area contributed by atoms with Crippen LogP contribution < -0.4 is 20.5 Å². The Morgan fingerprint density at radius 1 is 1.35 bits per heavy atom. The van der Waals surface area contributed by atoms with E-state index in [2.05, 4.69) is 16.2 Å². The summed E-state index contributed by atoms with van der Waals surface area (Å²) < 4.78 is 10.4. The number of nitrogens with two attached hydrogens (primary N) is 1. The minimum absolute atomic E-state index is 0.215. The molecule has 1 aromatic rings. The monoisotopic (exact) mass is 275 g/mol. The van der Waals surface area contributed by atoms with Crippen LogP contribution in [0.4, 0.5) is 5.69 Å². The zero-order valence-electron chi connectivity index (χ0n) is 12.3. The van der Waals surface area contributed by atoms with Gasteiger partial charge in [-0.2, -0.15) is 0 Å². The smallest absolute Gasteiger partial charge is 0.194 e. The summed E-state index contributed by atoms with van der Waals surface area (Å²) in [5.41, 5.74) is 6.56. The van der Waals surface area contributed by atoms with E-state index in [0.29, 0.717) is 17.2 Å². The van der Waals surface area contributed by atoms with Gasteiger partial charge in [0.2, 0.25) is 0 Å². The Labute approximate surface area is 120 Å². The molecule has 0 fully saturated rings. The topological polar surface area (TPSA) is 68.9 Å². The largest absolute Gasteiger partial charge is 0.497 e. The maximum absolute atomic E-state index is 5.88. The minimum atomic E-state index is -0.265. The fourth-order valence-electron chi connectivity index (χ4n) is 1.61. The number of ether oxygens (including phenoxy) is 2. The fourth-order valence-corrected chi connectivity index (χ4v) is 1.61. The van der Waals surface area contributed by atoms with Gasteiger partial charge >= 0.3 is 0 Å². The van der Waals surface area contributed by atoms with E-state index in [1.54, 1.807) is 32.4 Å². The van der Waals surface area contributed by atoms with E-state index in [4.69, 9.17) is 21.6 Å². The molecule has 1 unspecified atom stereocenters. The number of hydrogen-bond donors (Lipinski definition) is 2. The average Bonchev–Trinajstić information content (AvgIpc) is 2.44. The first-order chi connectivity index (χ1) is 9.51. The summed E-state index contributed by atoms with van der Waals surface area (Å²) in [5, 5.41) is 2.98. The molecule has 5 nitrogen and oxygen atoms in total. The molecule has 1 aromatic carbocycles. The van der Waals surface area contributed by atoms with Gasteiger partial charge in [-0.15, -0.1) is 6.42 Å². The molecule has 0 saturated carbocycles. The molecule has 1 atom stereocenters. The second-order valence-corrected chi connectivity index (χ2v) is 4.56. The van der Waals surface area contributed by atoms with Crippen LogP contribution >= 0.6 is 0 Å². The van der Waals surface area contributed by atoms with Gasteiger partial charge in [-0.3, -0.25) is 0 Å². The summed E-state index contributed by atoms with van der Waals surface area (Å²) in [5.74, 6) is 4.40. The summed E-state index contributed by atoms with van der Waals surface area (Å²) in [7, 11) is 3.18. The molecule has 1 rings (SSSR count). The van der Waals surface area contributed by atoms with E-state index in [0.717, 1.165) is 0 Å². The lowest BCUT2D eigenvalue weighted by atomic mass is 10.1. The van der Waals surface area contributed by atoms with Crippen molar-refractivity contribution in [3.8, 4) is 23.8 Å². The van der Waals surface area contributed by atoms with Crippen molar-refractivity contribution in [1.29, 1.82) is 0 Å². The van der Waals surface area contributed by atoms with Crippen LogP contribution in [0.1, 0.15) is 13.8 Å². The van der Waals surface area contributed by atoms with E-state index < -0.39 is 0 Å². The number of terminal acetylenes is 1. The molecule has 0 spiro atoms. The van der Waals surface area contributed by atoms with Crippen LogP contribution in [0.3, 0.4) is 0 Å². The van der Waals surface area contributed by atoms with Crippen molar-refractivity contribution < 1.29 is 9.47 Å². The van der Waals surface area contributed by atoms with Crippen LogP contribution in [0.15, 0.2) is 23.2 Å². The highest BCUT2D eigenvalue weighted by Crippen LogP contribution is 2.28. The van der Waals surface area contributed by atoms with Crippen molar-refractivity contribution in [2.75, 3.05) is 19.5 Å². The van der Waals surface area contributed by atoms with Crippen LogP contribution in [0.5, 0.6) is 11.5 Å². The lowest BCUT2D eigenvalue weighted by Crippen LogP contribution is -2.26. The fraction of sp³-hybridized carbons (Fsp3) is 0.400. The van der Waals surface area contributed by atoms with Crippen LogP contribution in [0.2, 0.25) is 0 Å². The molecule has 0 radical (unpaired) electrons. The van der Waals surface area contributed by atoms with Gasteiger partial charge in [-0.05, 0) is 18.1 Å². The number of guanidine groups is 1. The Hall–Kier alpha value is -2.35. The summed E-state index contributed by atoms with van der Waals surface area (Å²) in [6.45, 7) is 3.99. The molecule has 5 heteroatoms. The number of aliphatic imine (C=N–C) groups is 1. The van der Waals surface area contributed by atoms with E-state index in [1.165, 1.54) is 0 Å². The zero-order chi connectivity index (χ0) is 15.1. The second-order valence-electron chi connectivity index (χ2n) is 4.56. The quantitative estimate of drug-likeness (QED) is 0.490. The van der Waals surface area contributed by atoms with Gasteiger partial charge < -0.3 is 20.5 Å². The number of hydrogen-bond acceptors (Lipinski definition) is 3. The van der Waals surface area contributed by atoms with Crippen LogP contribution in [0.25, 0.3) is 0 Å². The standard InChI is InChI=1S/C15H21N3O2/c1-6-12(10(2)3)17-15(16)18-13-9-11(19-4)7-8-14(13)20-5/h1,7-10,12H,2-5H3,(H3,16,17,18). The molecule has 108 valence electrons. The molecule has 0 aromatic heterocycles. The molecule has 0 bridgehead atoms. The molecule has 0 saturated heterocycles. The maximum atomic E-state index is 5.88. The van der Waals surface area contributed by atoms with Crippen LogP contribution in [-0.4, -0.2) is 26.2 Å². The van der Waals surface area contributed by atoms with Gasteiger partial charge in [-0.25, -0.2) is 4.99 Å². The number of anilines is 1. The second kappa shape index (κ2) is 7.29. The Morgan fingerprint density at radius 3 is 2.55 bits per heavy atom. The van der Waals surface area contributed by atoms with Gasteiger partial charge in [0.1, 0.15) is 17.5 Å². The van der Waals surface area contributed by atoms with Gasteiger partial charge in [0.05, 0.1) is 19.9 Å². The summed E-state index contributed by atoms with van der Waals surface area (Å²) in [6, 6.07) is 5.10. The first-order valence-electron chi connectivity index (χ1n) is 6.30. The van der Waals surface area contributed by atoms with Gasteiger partial charge in [-0.1, -0.05) is 19.8 Å². The van der Waals surface area contributed by atoms with E-state index in [9.17, 15) is 0 Å². The molecule has 0 amide bonds. The number of nitrogens with one attached hydrogen (secondary N) is 1. The van der Waals surface area contributed by atoms with Gasteiger partial charge in [0.25, 0.3) is 0 Å². The Bertz CT molecular complexity index is 518. The molecule has 0 aliphatic rings. The Kier molecular flexibility index (Phi) is 5.73. The van der Waals surface area contributed by atoms with Crippen LogP contribution in [-0.2, 0) is 0 Å². The van der Waals surface area contributed by atoms with E-state index >= 15 is 0 Å². The number of benzene rings is 1. The van der Waals surface area contributed by atoms with Crippen molar-refractivity contribution in [2.24, 2.45) is 16.6 Å². The minimum Gasteiger partial charge on any atom is -0.497 e. The van der Waals surface area contributed by atoms with Crippen molar-refractivity contribution in [3.05, 3.63) is 18.2 Å². The highest BCUT2D eigenvalue weighted by molar-refractivity contribution is 5.94. The van der Waals surface area contributed by atoms with Gasteiger partial charge in [0, 0.05) is 6.07 Å². The van der Waals surface area contributed by atoms with Crippen molar-refractivity contribution in [1.82, 2.24) is 0 Å². The molecule has 0 aliphatic carbocycles. The van der Waals surface area contributed by atoms with Crippen molar-refractivity contribution in [3.63, 3.8) is 0 Å². The van der Waals surface area contributed by atoms with Crippen molar-refractivity contribution >= 4 is 11.6 Å². The molecular formula is C15H21N3O2. The number of nitrogens with zero attached hydrogens (tertiary/aromatic N) is 1. The number of methoxy groups -OCH3 is 2. The molecule has 0 aliphatic heterocycles. The SMILES string of the molecule is C#CC(N=C(N)Nc1cc(OC)ccc1OC)C(C)C.